The van der Waals surface area contributed by atoms with Crippen LogP contribution in [0.25, 0.3) is 0 Å². The topological polar surface area (TPSA) is 89.9 Å². The highest BCUT2D eigenvalue weighted by molar-refractivity contribution is 6.15. The van der Waals surface area contributed by atoms with Crippen LogP contribution >= 0.6 is 0 Å². The molecular weight excluding hydrogens is 360 g/mol. The number of hydrogen-bond donors (Lipinski definition) is 1. The van der Waals surface area contributed by atoms with Gasteiger partial charge in [0.15, 0.2) is 5.78 Å². The summed E-state index contributed by atoms with van der Waals surface area (Å²) in [6.07, 6.45) is 2.87. The molecule has 0 amide bonds. The van der Waals surface area contributed by atoms with E-state index in [2.05, 4.69) is 20.4 Å². The lowest BCUT2D eigenvalue weighted by atomic mass is 9.43. The van der Waals surface area contributed by atoms with Gasteiger partial charge in [-0.05, 0) is 54.9 Å². The fraction of sp³-hybridized carbons (Fsp3) is 0.773. The Hall–Kier alpha value is -1.69. The minimum atomic E-state index is -1.23. The van der Waals surface area contributed by atoms with Crippen molar-refractivity contribution in [3.05, 3.63) is 12.2 Å². The second kappa shape index (κ2) is 6.15. The van der Waals surface area contributed by atoms with E-state index in [-0.39, 0.29) is 48.1 Å². The summed E-state index contributed by atoms with van der Waals surface area (Å²) in [4.78, 5) is 38.0. The maximum absolute atomic E-state index is 13.3. The Bertz CT molecular complexity index is 754. The van der Waals surface area contributed by atoms with Gasteiger partial charge in [0.25, 0.3) is 0 Å². The third-order valence-electron chi connectivity index (χ3n) is 8.39. The Morgan fingerprint density at radius 3 is 2.64 bits per heavy atom. The van der Waals surface area contributed by atoms with Crippen LogP contribution in [0, 0.1) is 34.0 Å². The van der Waals surface area contributed by atoms with Gasteiger partial charge in [-0.25, -0.2) is 0 Å². The van der Waals surface area contributed by atoms with E-state index in [0.717, 1.165) is 12.8 Å². The second-order valence-corrected chi connectivity index (χ2v) is 9.90. The number of esters is 2. The lowest BCUT2D eigenvalue weighted by Crippen LogP contribution is -2.69. The van der Waals surface area contributed by atoms with Crippen LogP contribution in [0.4, 0.5) is 0 Å². The van der Waals surface area contributed by atoms with Crippen molar-refractivity contribution in [3.8, 4) is 0 Å². The minimum absolute atomic E-state index is 0.0205. The van der Waals surface area contributed by atoms with Crippen molar-refractivity contribution < 1.29 is 29.0 Å². The quantitative estimate of drug-likeness (QED) is 0.452. The molecule has 3 aliphatic carbocycles. The summed E-state index contributed by atoms with van der Waals surface area (Å²) >= 11 is 0. The van der Waals surface area contributed by atoms with E-state index in [1.165, 1.54) is 6.92 Å². The van der Waals surface area contributed by atoms with Gasteiger partial charge < -0.3 is 14.6 Å². The van der Waals surface area contributed by atoms with Gasteiger partial charge in [0.2, 0.25) is 0 Å². The van der Waals surface area contributed by atoms with Gasteiger partial charge in [-0.1, -0.05) is 20.4 Å². The molecular formula is C22H30O6. The Morgan fingerprint density at radius 1 is 1.29 bits per heavy atom. The van der Waals surface area contributed by atoms with Crippen LogP contribution in [-0.2, 0) is 23.9 Å². The molecule has 4 rings (SSSR count). The van der Waals surface area contributed by atoms with E-state index in [4.69, 9.17) is 9.47 Å². The maximum Gasteiger partial charge on any atom is 0.320 e. The highest BCUT2D eigenvalue weighted by atomic mass is 16.6. The number of ketones is 1. The molecule has 0 aromatic heterocycles. The molecule has 28 heavy (non-hydrogen) atoms. The fourth-order valence-electron chi connectivity index (χ4n) is 6.99. The van der Waals surface area contributed by atoms with Crippen molar-refractivity contribution in [2.75, 3.05) is 13.2 Å². The lowest BCUT2D eigenvalue weighted by Gasteiger charge is -2.63. The first-order chi connectivity index (χ1) is 13.1. The summed E-state index contributed by atoms with van der Waals surface area (Å²) in [7, 11) is 0. The SMILES string of the molecule is C=C1C(=O)[C@]23C[C@H]1CC[C@H]2[C@]1(CO)[C@H](CCC(C)(C)[C@H]1COC(C)=O)OC3=O. The number of carbonyl (C=O) groups excluding carboxylic acids is 3. The van der Waals surface area contributed by atoms with Gasteiger partial charge in [0, 0.05) is 18.3 Å². The van der Waals surface area contributed by atoms with Crippen LogP contribution in [-0.4, -0.2) is 42.1 Å². The first-order valence-electron chi connectivity index (χ1n) is 10.3. The molecule has 3 saturated carbocycles. The van der Waals surface area contributed by atoms with E-state index >= 15 is 0 Å². The third-order valence-corrected chi connectivity index (χ3v) is 8.39. The molecule has 6 atom stereocenters. The molecule has 2 bridgehead atoms. The van der Waals surface area contributed by atoms with Crippen molar-refractivity contribution >= 4 is 17.7 Å². The summed E-state index contributed by atoms with van der Waals surface area (Å²) < 4.78 is 11.4. The van der Waals surface area contributed by atoms with Crippen LogP contribution in [0.5, 0.6) is 0 Å². The maximum atomic E-state index is 13.3. The number of aliphatic hydroxyl groups is 1. The highest BCUT2D eigenvalue weighted by Crippen LogP contribution is 2.68. The molecule has 0 aromatic carbocycles. The van der Waals surface area contributed by atoms with Crippen LogP contribution in [0.3, 0.4) is 0 Å². The minimum Gasteiger partial charge on any atom is -0.466 e. The first-order valence-corrected chi connectivity index (χ1v) is 10.3. The van der Waals surface area contributed by atoms with Crippen LogP contribution in [0.1, 0.15) is 52.9 Å². The Kier molecular flexibility index (Phi) is 4.31. The fourth-order valence-corrected chi connectivity index (χ4v) is 6.99. The van der Waals surface area contributed by atoms with Gasteiger partial charge in [-0.3, -0.25) is 14.4 Å². The van der Waals surface area contributed by atoms with Crippen molar-refractivity contribution in [1.29, 1.82) is 0 Å². The summed E-state index contributed by atoms with van der Waals surface area (Å²) in [5.74, 6) is -1.52. The van der Waals surface area contributed by atoms with Crippen molar-refractivity contribution in [2.45, 2.75) is 59.0 Å². The zero-order valence-electron chi connectivity index (χ0n) is 17.0. The van der Waals surface area contributed by atoms with Crippen molar-refractivity contribution in [1.82, 2.24) is 0 Å². The first kappa shape index (κ1) is 19.6. The van der Waals surface area contributed by atoms with Crippen LogP contribution in [0.15, 0.2) is 12.2 Å². The van der Waals surface area contributed by atoms with Crippen LogP contribution < -0.4 is 0 Å². The number of hydrogen-bond acceptors (Lipinski definition) is 6. The number of carbonyl (C=O) groups is 3. The van der Waals surface area contributed by atoms with Crippen molar-refractivity contribution in [2.24, 2.45) is 34.0 Å². The van der Waals surface area contributed by atoms with E-state index in [1.54, 1.807) is 0 Å². The van der Waals surface area contributed by atoms with E-state index < -0.39 is 22.9 Å². The van der Waals surface area contributed by atoms with Gasteiger partial charge in [-0.15, -0.1) is 0 Å². The summed E-state index contributed by atoms with van der Waals surface area (Å²) in [5.41, 5.74) is -1.73. The van der Waals surface area contributed by atoms with E-state index in [0.29, 0.717) is 24.8 Å². The average molecular weight is 390 g/mol. The number of aliphatic hydroxyl groups excluding tert-OH is 1. The normalized spacial score (nSPS) is 43.8. The molecule has 4 fully saturated rings. The number of allylic oxidation sites excluding steroid dienone is 1. The molecule has 4 aliphatic rings. The molecule has 1 heterocycles. The summed E-state index contributed by atoms with van der Waals surface area (Å²) in [6.45, 7) is 9.52. The molecule has 6 heteroatoms. The predicted octanol–water partition coefficient (Wildman–Crippen LogP) is 2.43. The molecule has 0 unspecified atom stereocenters. The molecule has 1 spiro atoms. The Morgan fingerprint density at radius 2 is 2.00 bits per heavy atom. The number of fused-ring (bicyclic) bond motifs is 3. The third kappa shape index (κ3) is 2.27. The van der Waals surface area contributed by atoms with Crippen molar-refractivity contribution in [3.63, 3.8) is 0 Å². The summed E-state index contributed by atoms with van der Waals surface area (Å²) in [6, 6.07) is 0. The second-order valence-electron chi connectivity index (χ2n) is 9.90. The molecule has 154 valence electrons. The predicted molar refractivity (Wildman–Crippen MR) is 99.9 cm³/mol. The molecule has 0 aromatic rings. The highest BCUT2D eigenvalue weighted by Gasteiger charge is 2.74. The van der Waals surface area contributed by atoms with Gasteiger partial charge >= 0.3 is 11.9 Å². The molecule has 1 aliphatic heterocycles. The van der Waals surface area contributed by atoms with Gasteiger partial charge in [0.1, 0.15) is 11.5 Å². The van der Waals surface area contributed by atoms with Gasteiger partial charge in [0.05, 0.1) is 13.2 Å². The zero-order chi connectivity index (χ0) is 20.5. The molecule has 1 N–H and O–H groups in total. The van der Waals surface area contributed by atoms with E-state index in [9.17, 15) is 19.5 Å². The molecule has 6 nitrogen and oxygen atoms in total. The monoisotopic (exact) mass is 390 g/mol. The average Bonchev–Trinajstić information content (AvgIpc) is 2.83. The van der Waals surface area contributed by atoms with Crippen LogP contribution in [0.2, 0.25) is 0 Å². The Labute approximate surface area is 165 Å². The largest absolute Gasteiger partial charge is 0.466 e. The zero-order valence-corrected chi connectivity index (χ0v) is 17.0. The van der Waals surface area contributed by atoms with E-state index in [1.807, 2.05) is 0 Å². The number of rotatable bonds is 3. The molecule has 0 radical (unpaired) electrons. The molecule has 1 saturated heterocycles. The smallest absolute Gasteiger partial charge is 0.320 e. The lowest BCUT2D eigenvalue weighted by molar-refractivity contribution is -0.255. The van der Waals surface area contributed by atoms with Gasteiger partial charge in [-0.2, -0.15) is 0 Å². The number of ether oxygens (including phenoxy) is 2. The summed E-state index contributed by atoms with van der Waals surface area (Å²) in [5, 5.41) is 10.8. The standard InChI is InChI=1S/C22H30O6/c1-12-14-5-6-15-21(9-14,18(12)25)19(26)28-17-7-8-20(3,4)16(10-27-13(2)24)22(15,17)11-23/h14-17,23H,1,5-11H2,2-4H3/t14-,15-,16-,17+,21+,22+/m1/s1. The Balaban J connectivity index is 1.86. The number of Topliss-reactive ketones (excluding diaryl/α,β-unsaturated/α-hetero) is 1.